The number of hydrogen-bond donors (Lipinski definition) is 1. The molecular weight excluding hydrogens is 176 g/mol. The van der Waals surface area contributed by atoms with Crippen LogP contribution in [0.3, 0.4) is 0 Å². The third-order valence-electron chi connectivity index (χ3n) is 2.96. The van der Waals surface area contributed by atoms with Crippen molar-refractivity contribution >= 4 is 5.78 Å². The smallest absolute Gasteiger partial charge is 0.166 e. The highest BCUT2D eigenvalue weighted by Crippen LogP contribution is 2.34. The van der Waals surface area contributed by atoms with Crippen molar-refractivity contribution in [3.8, 4) is 0 Å². The normalized spacial score (nSPS) is 26.0. The Balaban J connectivity index is 2.46. The van der Waals surface area contributed by atoms with Gasteiger partial charge in [-0.05, 0) is 18.4 Å². The first kappa shape index (κ1) is 9.41. The number of carbonyl (C=O) groups is 1. The van der Waals surface area contributed by atoms with Crippen LogP contribution in [-0.2, 0) is 0 Å². The number of benzene rings is 1. The third-order valence-corrected chi connectivity index (χ3v) is 2.96. The summed E-state index contributed by atoms with van der Waals surface area (Å²) in [6.07, 6.45) is 0.921. The Morgan fingerprint density at radius 2 is 2.14 bits per heavy atom. The largest absolute Gasteiger partial charge is 0.388 e. The number of hydrogen-bond acceptors (Lipinski definition) is 2. The summed E-state index contributed by atoms with van der Waals surface area (Å²) in [5, 5.41) is 9.83. The van der Waals surface area contributed by atoms with E-state index in [4.69, 9.17) is 0 Å². The van der Waals surface area contributed by atoms with Crippen LogP contribution in [0.4, 0.5) is 0 Å². The number of aliphatic hydroxyl groups is 1. The maximum Gasteiger partial charge on any atom is 0.166 e. The molecule has 0 aromatic heterocycles. The second-order valence-corrected chi connectivity index (χ2v) is 3.81. The van der Waals surface area contributed by atoms with Crippen LogP contribution in [0, 0.1) is 5.92 Å². The lowest BCUT2D eigenvalue weighted by atomic mass is 9.80. The van der Waals surface area contributed by atoms with E-state index in [9.17, 15) is 9.90 Å². The molecule has 0 aliphatic heterocycles. The molecular formula is C12H14O2. The zero-order valence-corrected chi connectivity index (χ0v) is 8.23. The highest BCUT2D eigenvalue weighted by molar-refractivity contribution is 6.00. The van der Waals surface area contributed by atoms with Crippen LogP contribution >= 0.6 is 0 Å². The Hall–Kier alpha value is -1.15. The Kier molecular flexibility index (Phi) is 2.38. The van der Waals surface area contributed by atoms with Crippen molar-refractivity contribution in [3.63, 3.8) is 0 Å². The predicted molar refractivity (Wildman–Crippen MR) is 54.1 cm³/mol. The van der Waals surface area contributed by atoms with Crippen LogP contribution < -0.4 is 0 Å². The van der Waals surface area contributed by atoms with Gasteiger partial charge >= 0.3 is 0 Å². The molecule has 74 valence electrons. The van der Waals surface area contributed by atoms with E-state index in [1.54, 1.807) is 0 Å². The number of aliphatic hydroxyl groups excluding tert-OH is 1. The lowest BCUT2D eigenvalue weighted by Gasteiger charge is -2.26. The fourth-order valence-corrected chi connectivity index (χ4v) is 2.09. The Morgan fingerprint density at radius 1 is 1.43 bits per heavy atom. The van der Waals surface area contributed by atoms with E-state index in [1.165, 1.54) is 0 Å². The summed E-state index contributed by atoms with van der Waals surface area (Å²) >= 11 is 0. The molecule has 0 radical (unpaired) electrons. The average Bonchev–Trinajstić information content (AvgIpc) is 2.23. The Bertz CT molecular complexity index is 357. The topological polar surface area (TPSA) is 37.3 Å². The molecule has 1 N–H and O–H groups in total. The number of Topliss-reactive ketones (excluding diaryl/α,β-unsaturated/α-hetero) is 1. The molecule has 2 unspecified atom stereocenters. The van der Waals surface area contributed by atoms with E-state index in [0.29, 0.717) is 12.0 Å². The van der Waals surface area contributed by atoms with E-state index >= 15 is 0 Å². The van der Waals surface area contributed by atoms with Gasteiger partial charge in [0.2, 0.25) is 0 Å². The van der Waals surface area contributed by atoms with Crippen molar-refractivity contribution in [1.82, 2.24) is 0 Å². The van der Waals surface area contributed by atoms with E-state index in [-0.39, 0.29) is 11.7 Å². The molecule has 1 aliphatic rings. The minimum Gasteiger partial charge on any atom is -0.388 e. The summed E-state index contributed by atoms with van der Waals surface area (Å²) in [5.41, 5.74) is 1.50. The van der Waals surface area contributed by atoms with E-state index < -0.39 is 6.10 Å². The van der Waals surface area contributed by atoms with Crippen molar-refractivity contribution < 1.29 is 9.90 Å². The fourth-order valence-electron chi connectivity index (χ4n) is 2.09. The van der Waals surface area contributed by atoms with Crippen molar-refractivity contribution in [2.75, 3.05) is 0 Å². The molecule has 2 nitrogen and oxygen atoms in total. The van der Waals surface area contributed by atoms with Crippen LogP contribution in [0.2, 0.25) is 0 Å². The summed E-state index contributed by atoms with van der Waals surface area (Å²) in [7, 11) is 0. The van der Waals surface area contributed by atoms with Gasteiger partial charge in [0.15, 0.2) is 5.78 Å². The molecule has 14 heavy (non-hydrogen) atoms. The van der Waals surface area contributed by atoms with Gasteiger partial charge in [0.1, 0.15) is 0 Å². The highest BCUT2D eigenvalue weighted by atomic mass is 16.3. The van der Waals surface area contributed by atoms with Gasteiger partial charge < -0.3 is 5.11 Å². The summed E-state index contributed by atoms with van der Waals surface area (Å²) in [6.45, 7) is 1.99. The maximum atomic E-state index is 11.9. The molecule has 1 aromatic carbocycles. The van der Waals surface area contributed by atoms with Crippen LogP contribution in [0.15, 0.2) is 24.3 Å². The lowest BCUT2D eigenvalue weighted by molar-refractivity contribution is 0.0769. The average molecular weight is 190 g/mol. The van der Waals surface area contributed by atoms with Crippen LogP contribution in [0.1, 0.15) is 41.8 Å². The van der Waals surface area contributed by atoms with E-state index in [2.05, 4.69) is 0 Å². The molecule has 1 aromatic rings. The van der Waals surface area contributed by atoms with Gasteiger partial charge in [-0.25, -0.2) is 0 Å². The molecule has 2 heteroatoms. The van der Waals surface area contributed by atoms with E-state index in [1.807, 2.05) is 31.2 Å². The zero-order chi connectivity index (χ0) is 10.1. The molecule has 0 amide bonds. The molecule has 0 fully saturated rings. The van der Waals surface area contributed by atoms with Gasteiger partial charge in [0.05, 0.1) is 6.10 Å². The Morgan fingerprint density at radius 3 is 2.86 bits per heavy atom. The third kappa shape index (κ3) is 1.36. The second-order valence-electron chi connectivity index (χ2n) is 3.81. The standard InChI is InChI=1S/C12H14O2/c1-2-8-7-11(13)9-5-3-4-6-10(9)12(8)14/h3-6,8,11,13H,2,7H2,1H3. The van der Waals surface area contributed by atoms with Gasteiger partial charge in [-0.15, -0.1) is 0 Å². The summed E-state index contributed by atoms with van der Waals surface area (Å²) in [5.74, 6) is 0.188. The molecule has 0 bridgehead atoms. The Labute approximate surface area is 83.6 Å². The summed E-state index contributed by atoms with van der Waals surface area (Å²) in [6, 6.07) is 7.36. The van der Waals surface area contributed by atoms with Crippen LogP contribution in [0.25, 0.3) is 0 Å². The molecule has 0 spiro atoms. The molecule has 0 saturated carbocycles. The number of fused-ring (bicyclic) bond motifs is 1. The summed E-state index contributed by atoms with van der Waals surface area (Å²) in [4.78, 5) is 11.9. The van der Waals surface area contributed by atoms with Gasteiger partial charge in [-0.2, -0.15) is 0 Å². The minimum atomic E-state index is -0.464. The molecule has 1 aliphatic carbocycles. The minimum absolute atomic E-state index is 0.0000926. The first-order valence-corrected chi connectivity index (χ1v) is 5.05. The van der Waals surface area contributed by atoms with Gasteiger partial charge in [-0.1, -0.05) is 31.2 Å². The maximum absolute atomic E-state index is 11.9. The number of ketones is 1. The van der Waals surface area contributed by atoms with Crippen molar-refractivity contribution in [3.05, 3.63) is 35.4 Å². The number of rotatable bonds is 1. The number of carbonyl (C=O) groups excluding carboxylic acids is 1. The van der Waals surface area contributed by atoms with Gasteiger partial charge in [0, 0.05) is 11.5 Å². The first-order valence-electron chi connectivity index (χ1n) is 5.05. The highest BCUT2D eigenvalue weighted by Gasteiger charge is 2.30. The zero-order valence-electron chi connectivity index (χ0n) is 8.23. The fraction of sp³-hybridized carbons (Fsp3) is 0.417. The van der Waals surface area contributed by atoms with Crippen LogP contribution in [-0.4, -0.2) is 10.9 Å². The molecule has 2 atom stereocenters. The van der Waals surface area contributed by atoms with Gasteiger partial charge in [0.25, 0.3) is 0 Å². The molecule has 0 heterocycles. The monoisotopic (exact) mass is 190 g/mol. The quantitative estimate of drug-likeness (QED) is 0.738. The second kappa shape index (κ2) is 3.54. The lowest BCUT2D eigenvalue weighted by Crippen LogP contribution is -2.24. The van der Waals surface area contributed by atoms with E-state index in [0.717, 1.165) is 12.0 Å². The van der Waals surface area contributed by atoms with Crippen LogP contribution in [0.5, 0.6) is 0 Å². The predicted octanol–water partition coefficient (Wildman–Crippen LogP) is 2.33. The van der Waals surface area contributed by atoms with Crippen molar-refractivity contribution in [2.45, 2.75) is 25.9 Å². The van der Waals surface area contributed by atoms with Gasteiger partial charge in [-0.3, -0.25) is 4.79 Å². The SMILES string of the molecule is CCC1CC(O)c2ccccc2C1=O. The first-order chi connectivity index (χ1) is 6.74. The molecule has 0 saturated heterocycles. The van der Waals surface area contributed by atoms with Crippen molar-refractivity contribution in [1.29, 1.82) is 0 Å². The summed E-state index contributed by atoms with van der Waals surface area (Å²) < 4.78 is 0. The molecule has 2 rings (SSSR count). The van der Waals surface area contributed by atoms with Crippen molar-refractivity contribution in [2.24, 2.45) is 5.92 Å².